The summed E-state index contributed by atoms with van der Waals surface area (Å²) in [4.78, 5) is 32.4. The van der Waals surface area contributed by atoms with Gasteiger partial charge in [0.1, 0.15) is 6.61 Å². The standard InChI is InChI=1S/C33H41N5O3/c1-36-13-15-37(16-14-36)31-12-11-29(19-30(31)35-32(39)23-41-2)28-8-4-7-26(18-28)22-38(33(40)27-9-10-27)21-25-6-3-5-24(17-25)20-34/h3-8,11-12,17-19,27H,9-10,13-16,20-23,34H2,1-2H3,(H,35,39). The SMILES string of the molecule is COCC(=O)Nc1cc(-c2cccc(CN(Cc3cccc(CN)c3)C(=O)C3CC3)c2)ccc1N1CCN(C)CC1. The second kappa shape index (κ2) is 13.3. The lowest BCUT2D eigenvalue weighted by Gasteiger charge is -2.35. The molecule has 0 atom stereocenters. The van der Waals surface area contributed by atoms with Gasteiger partial charge in [-0.15, -0.1) is 0 Å². The van der Waals surface area contributed by atoms with Crippen LogP contribution in [0.15, 0.2) is 66.7 Å². The van der Waals surface area contributed by atoms with Crippen molar-refractivity contribution in [2.75, 3.05) is 57.2 Å². The van der Waals surface area contributed by atoms with Crippen molar-refractivity contribution in [1.29, 1.82) is 0 Å². The summed E-state index contributed by atoms with van der Waals surface area (Å²) in [6.07, 6.45) is 1.94. The Kier molecular flexibility index (Phi) is 9.34. The summed E-state index contributed by atoms with van der Waals surface area (Å²) in [5.74, 6) is 0.172. The number of nitrogens with one attached hydrogen (secondary N) is 1. The number of hydrogen-bond donors (Lipinski definition) is 2. The molecule has 5 rings (SSSR count). The summed E-state index contributed by atoms with van der Waals surface area (Å²) in [5.41, 5.74) is 12.9. The predicted octanol–water partition coefficient (Wildman–Crippen LogP) is 4.09. The highest BCUT2D eigenvalue weighted by atomic mass is 16.5. The fourth-order valence-corrected chi connectivity index (χ4v) is 5.40. The molecule has 8 nitrogen and oxygen atoms in total. The Morgan fingerprint density at radius 2 is 1.56 bits per heavy atom. The van der Waals surface area contributed by atoms with Gasteiger partial charge in [0.05, 0.1) is 11.4 Å². The molecular weight excluding hydrogens is 514 g/mol. The molecule has 1 heterocycles. The Bertz CT molecular complexity index is 1360. The molecule has 1 saturated carbocycles. The van der Waals surface area contributed by atoms with Crippen LogP contribution in [0.25, 0.3) is 11.1 Å². The second-order valence-electron chi connectivity index (χ2n) is 11.2. The highest BCUT2D eigenvalue weighted by Gasteiger charge is 2.33. The topological polar surface area (TPSA) is 91.1 Å². The van der Waals surface area contributed by atoms with Crippen LogP contribution in [-0.2, 0) is 34.0 Å². The number of nitrogens with zero attached hydrogens (tertiary/aromatic N) is 3. The number of nitrogens with two attached hydrogens (primary N) is 1. The number of benzene rings is 3. The van der Waals surface area contributed by atoms with Crippen molar-refractivity contribution in [2.24, 2.45) is 11.7 Å². The minimum atomic E-state index is -0.179. The van der Waals surface area contributed by atoms with Gasteiger partial charge in [0.15, 0.2) is 0 Å². The Morgan fingerprint density at radius 1 is 0.902 bits per heavy atom. The first kappa shape index (κ1) is 28.8. The Balaban J connectivity index is 1.40. The average Bonchev–Trinajstić information content (AvgIpc) is 3.83. The molecule has 2 aliphatic rings. The number of likely N-dealkylation sites (N-methyl/N-ethyl adjacent to an activating group) is 1. The Morgan fingerprint density at radius 3 is 2.24 bits per heavy atom. The summed E-state index contributed by atoms with van der Waals surface area (Å²) in [6.45, 7) is 5.32. The minimum absolute atomic E-state index is 0.000928. The van der Waals surface area contributed by atoms with E-state index in [4.69, 9.17) is 10.5 Å². The molecule has 2 fully saturated rings. The number of anilines is 2. The van der Waals surface area contributed by atoms with E-state index in [1.54, 1.807) is 0 Å². The minimum Gasteiger partial charge on any atom is -0.375 e. The summed E-state index contributed by atoms with van der Waals surface area (Å²) in [6, 6.07) is 22.8. The number of methoxy groups -OCH3 is 1. The van der Waals surface area contributed by atoms with Gasteiger partial charge in [-0.3, -0.25) is 9.59 Å². The van der Waals surface area contributed by atoms with E-state index in [0.29, 0.717) is 19.6 Å². The van der Waals surface area contributed by atoms with Crippen molar-refractivity contribution in [2.45, 2.75) is 32.5 Å². The van der Waals surface area contributed by atoms with Gasteiger partial charge >= 0.3 is 0 Å². The lowest BCUT2D eigenvalue weighted by Crippen LogP contribution is -2.44. The normalized spacial score (nSPS) is 15.5. The van der Waals surface area contributed by atoms with E-state index in [9.17, 15) is 9.59 Å². The number of carbonyl (C=O) groups excluding carboxylic acids is 2. The number of carbonyl (C=O) groups is 2. The third-order valence-corrected chi connectivity index (χ3v) is 7.86. The van der Waals surface area contributed by atoms with Crippen molar-refractivity contribution in [3.63, 3.8) is 0 Å². The fourth-order valence-electron chi connectivity index (χ4n) is 5.40. The van der Waals surface area contributed by atoms with E-state index < -0.39 is 0 Å². The third-order valence-electron chi connectivity index (χ3n) is 7.86. The van der Waals surface area contributed by atoms with Crippen LogP contribution in [0.4, 0.5) is 11.4 Å². The van der Waals surface area contributed by atoms with Crippen LogP contribution in [0.1, 0.15) is 29.5 Å². The average molecular weight is 556 g/mol. The number of piperazine rings is 1. The number of hydrogen-bond acceptors (Lipinski definition) is 6. The van der Waals surface area contributed by atoms with Gasteiger partial charge in [-0.2, -0.15) is 0 Å². The maximum absolute atomic E-state index is 13.3. The second-order valence-corrected chi connectivity index (χ2v) is 11.2. The van der Waals surface area contributed by atoms with Gasteiger partial charge in [-0.05, 0) is 65.9 Å². The molecule has 0 spiro atoms. The molecule has 0 aromatic heterocycles. The molecule has 3 aromatic rings. The van der Waals surface area contributed by atoms with Crippen molar-refractivity contribution in [3.05, 3.63) is 83.4 Å². The van der Waals surface area contributed by atoms with Gasteiger partial charge < -0.3 is 30.5 Å². The van der Waals surface area contributed by atoms with Crippen LogP contribution < -0.4 is 16.0 Å². The quantitative estimate of drug-likeness (QED) is 0.371. The smallest absolute Gasteiger partial charge is 0.250 e. The van der Waals surface area contributed by atoms with Gasteiger partial charge in [0.2, 0.25) is 11.8 Å². The molecule has 1 saturated heterocycles. The highest BCUT2D eigenvalue weighted by Crippen LogP contribution is 2.34. The van der Waals surface area contributed by atoms with Gasteiger partial charge in [-0.1, -0.05) is 48.5 Å². The van der Waals surface area contributed by atoms with E-state index in [2.05, 4.69) is 64.6 Å². The van der Waals surface area contributed by atoms with E-state index >= 15 is 0 Å². The first-order valence-corrected chi connectivity index (χ1v) is 14.5. The van der Waals surface area contributed by atoms with Crippen LogP contribution in [0.5, 0.6) is 0 Å². The zero-order chi connectivity index (χ0) is 28.8. The maximum atomic E-state index is 13.3. The maximum Gasteiger partial charge on any atom is 0.250 e. The molecule has 1 aliphatic heterocycles. The number of amides is 2. The molecule has 0 radical (unpaired) electrons. The summed E-state index contributed by atoms with van der Waals surface area (Å²) in [7, 11) is 3.65. The molecule has 3 N–H and O–H groups in total. The van der Waals surface area contributed by atoms with Gasteiger partial charge in [0.25, 0.3) is 0 Å². The van der Waals surface area contributed by atoms with Crippen molar-refractivity contribution in [1.82, 2.24) is 9.80 Å². The van der Waals surface area contributed by atoms with Crippen molar-refractivity contribution in [3.8, 4) is 11.1 Å². The molecule has 8 heteroatoms. The Labute approximate surface area is 243 Å². The van der Waals surface area contributed by atoms with E-state index in [-0.39, 0.29) is 24.3 Å². The highest BCUT2D eigenvalue weighted by molar-refractivity contribution is 5.96. The van der Waals surface area contributed by atoms with Gasteiger partial charge in [0, 0.05) is 58.8 Å². The Hall–Kier alpha value is -3.72. The van der Waals surface area contributed by atoms with Crippen LogP contribution in [0.2, 0.25) is 0 Å². The molecule has 1 aliphatic carbocycles. The van der Waals surface area contributed by atoms with E-state index in [1.807, 2.05) is 29.2 Å². The van der Waals surface area contributed by atoms with E-state index in [0.717, 1.165) is 78.2 Å². The molecule has 3 aromatic carbocycles. The fraction of sp³-hybridized carbons (Fsp3) is 0.394. The first-order chi connectivity index (χ1) is 19.9. The molecule has 216 valence electrons. The summed E-state index contributed by atoms with van der Waals surface area (Å²) < 4.78 is 5.07. The lowest BCUT2D eigenvalue weighted by molar-refractivity contribution is -0.133. The van der Waals surface area contributed by atoms with Crippen LogP contribution >= 0.6 is 0 Å². The van der Waals surface area contributed by atoms with Gasteiger partial charge in [-0.25, -0.2) is 0 Å². The first-order valence-electron chi connectivity index (χ1n) is 14.5. The molecule has 0 unspecified atom stereocenters. The zero-order valence-corrected chi connectivity index (χ0v) is 24.1. The number of ether oxygens (including phenoxy) is 1. The molecular formula is C33H41N5O3. The zero-order valence-electron chi connectivity index (χ0n) is 24.1. The van der Waals surface area contributed by atoms with Crippen molar-refractivity contribution < 1.29 is 14.3 Å². The number of rotatable bonds is 11. The molecule has 41 heavy (non-hydrogen) atoms. The molecule has 2 amide bonds. The predicted molar refractivity (Wildman–Crippen MR) is 163 cm³/mol. The van der Waals surface area contributed by atoms with Crippen LogP contribution in [-0.4, -0.2) is 68.6 Å². The third kappa shape index (κ3) is 7.52. The van der Waals surface area contributed by atoms with Crippen LogP contribution in [0, 0.1) is 5.92 Å². The van der Waals surface area contributed by atoms with Crippen LogP contribution in [0.3, 0.4) is 0 Å². The summed E-state index contributed by atoms with van der Waals surface area (Å²) >= 11 is 0. The lowest BCUT2D eigenvalue weighted by atomic mass is 10.0. The van der Waals surface area contributed by atoms with Crippen molar-refractivity contribution >= 4 is 23.2 Å². The van der Waals surface area contributed by atoms with E-state index in [1.165, 1.54) is 7.11 Å². The molecule has 0 bridgehead atoms. The largest absolute Gasteiger partial charge is 0.375 e. The summed E-state index contributed by atoms with van der Waals surface area (Å²) in [5, 5.41) is 3.07. The monoisotopic (exact) mass is 555 g/mol.